The summed E-state index contributed by atoms with van der Waals surface area (Å²) in [5.41, 5.74) is 1.91. The SMILES string of the molecule is Cc1ccc(C2(C(=O)Cl)CCCC2)cc1. The normalized spacial score (nSPS) is 19.1. The van der Waals surface area contributed by atoms with Crippen LogP contribution in [0.1, 0.15) is 36.8 Å². The summed E-state index contributed by atoms with van der Waals surface area (Å²) in [6.45, 7) is 2.05. The van der Waals surface area contributed by atoms with Crippen molar-refractivity contribution < 1.29 is 4.79 Å². The van der Waals surface area contributed by atoms with Gasteiger partial charge >= 0.3 is 0 Å². The summed E-state index contributed by atoms with van der Waals surface area (Å²) in [5, 5.41) is -0.191. The second-order valence-corrected chi connectivity index (χ2v) is 4.77. The fraction of sp³-hybridized carbons (Fsp3) is 0.462. The van der Waals surface area contributed by atoms with Crippen molar-refractivity contribution in [3.63, 3.8) is 0 Å². The maximum atomic E-state index is 11.6. The van der Waals surface area contributed by atoms with Crippen LogP contribution in [-0.4, -0.2) is 5.24 Å². The van der Waals surface area contributed by atoms with Gasteiger partial charge in [0.05, 0.1) is 5.41 Å². The number of hydrogen-bond acceptors (Lipinski definition) is 1. The molecule has 2 heteroatoms. The lowest BCUT2D eigenvalue weighted by Crippen LogP contribution is -2.29. The second kappa shape index (κ2) is 3.97. The first-order chi connectivity index (χ1) is 7.15. The highest BCUT2D eigenvalue weighted by atomic mass is 35.5. The third kappa shape index (κ3) is 1.81. The summed E-state index contributed by atoms with van der Waals surface area (Å²) < 4.78 is 0. The Balaban J connectivity index is 2.41. The van der Waals surface area contributed by atoms with Gasteiger partial charge in [0, 0.05) is 0 Å². The van der Waals surface area contributed by atoms with Gasteiger partial charge in [-0.15, -0.1) is 0 Å². The van der Waals surface area contributed by atoms with Crippen molar-refractivity contribution in [2.45, 2.75) is 38.0 Å². The molecule has 1 aliphatic carbocycles. The van der Waals surface area contributed by atoms with Crippen molar-refractivity contribution in [2.24, 2.45) is 0 Å². The Hall–Kier alpha value is -0.820. The van der Waals surface area contributed by atoms with Crippen LogP contribution in [0.4, 0.5) is 0 Å². The van der Waals surface area contributed by atoms with E-state index in [1.807, 2.05) is 19.1 Å². The molecule has 0 unspecified atom stereocenters. The lowest BCUT2D eigenvalue weighted by molar-refractivity contribution is -0.116. The molecule has 0 aromatic heterocycles. The lowest BCUT2D eigenvalue weighted by Gasteiger charge is -2.24. The quantitative estimate of drug-likeness (QED) is 0.700. The van der Waals surface area contributed by atoms with E-state index < -0.39 is 5.41 Å². The molecule has 0 N–H and O–H groups in total. The van der Waals surface area contributed by atoms with Gasteiger partial charge < -0.3 is 0 Å². The van der Waals surface area contributed by atoms with Crippen molar-refractivity contribution in [1.29, 1.82) is 0 Å². The first-order valence-electron chi connectivity index (χ1n) is 5.42. The molecular formula is C13H15ClO. The Morgan fingerprint density at radius 1 is 1.20 bits per heavy atom. The van der Waals surface area contributed by atoms with Crippen LogP contribution in [0.5, 0.6) is 0 Å². The topological polar surface area (TPSA) is 17.1 Å². The van der Waals surface area contributed by atoms with E-state index in [1.54, 1.807) is 0 Å². The van der Waals surface area contributed by atoms with E-state index in [9.17, 15) is 4.79 Å². The number of carbonyl (C=O) groups is 1. The van der Waals surface area contributed by atoms with E-state index in [2.05, 4.69) is 12.1 Å². The molecule has 0 atom stereocenters. The zero-order valence-electron chi connectivity index (χ0n) is 8.92. The van der Waals surface area contributed by atoms with Crippen molar-refractivity contribution in [1.82, 2.24) is 0 Å². The predicted octanol–water partition coefficient (Wildman–Crippen LogP) is 3.57. The molecule has 15 heavy (non-hydrogen) atoms. The molecule has 2 rings (SSSR count). The zero-order chi connectivity index (χ0) is 10.9. The highest BCUT2D eigenvalue weighted by Gasteiger charge is 2.41. The number of halogens is 1. The number of benzene rings is 1. The molecule has 80 valence electrons. The lowest BCUT2D eigenvalue weighted by atomic mass is 9.80. The Bertz CT molecular complexity index is 361. The molecule has 0 spiro atoms. The van der Waals surface area contributed by atoms with Gasteiger partial charge in [0.1, 0.15) is 0 Å². The highest BCUT2D eigenvalue weighted by molar-refractivity contribution is 6.65. The average Bonchev–Trinajstić information content (AvgIpc) is 2.69. The van der Waals surface area contributed by atoms with E-state index in [0.717, 1.165) is 31.2 Å². The van der Waals surface area contributed by atoms with Gasteiger partial charge in [0.2, 0.25) is 5.24 Å². The molecule has 0 bridgehead atoms. The van der Waals surface area contributed by atoms with Crippen LogP contribution in [0.3, 0.4) is 0 Å². The van der Waals surface area contributed by atoms with Crippen LogP contribution in [-0.2, 0) is 10.2 Å². The highest BCUT2D eigenvalue weighted by Crippen LogP contribution is 2.42. The molecule has 0 heterocycles. The largest absolute Gasteiger partial charge is 0.280 e. The molecule has 1 fully saturated rings. The molecule has 0 saturated heterocycles. The second-order valence-electron chi connectivity index (χ2n) is 4.43. The fourth-order valence-electron chi connectivity index (χ4n) is 2.45. The first kappa shape index (κ1) is 10.7. The maximum absolute atomic E-state index is 11.6. The Morgan fingerprint density at radius 2 is 1.73 bits per heavy atom. The zero-order valence-corrected chi connectivity index (χ0v) is 9.68. The summed E-state index contributed by atoms with van der Waals surface area (Å²) >= 11 is 5.78. The van der Waals surface area contributed by atoms with E-state index in [1.165, 1.54) is 5.56 Å². The minimum absolute atomic E-state index is 0.191. The molecule has 0 radical (unpaired) electrons. The van der Waals surface area contributed by atoms with E-state index in [-0.39, 0.29) is 5.24 Å². The third-order valence-corrected chi connectivity index (χ3v) is 3.80. The predicted molar refractivity (Wildman–Crippen MR) is 62.2 cm³/mol. The molecule has 1 aliphatic rings. The summed E-state index contributed by atoms with van der Waals surface area (Å²) in [6.07, 6.45) is 4.01. The molecule has 1 aromatic carbocycles. The number of rotatable bonds is 2. The number of carbonyl (C=O) groups excluding carboxylic acids is 1. The van der Waals surface area contributed by atoms with Gasteiger partial charge in [-0.1, -0.05) is 42.7 Å². The molecule has 1 saturated carbocycles. The summed E-state index contributed by atoms with van der Waals surface area (Å²) in [7, 11) is 0. The standard InChI is InChI=1S/C13H15ClO/c1-10-4-6-11(7-5-10)13(12(14)15)8-2-3-9-13/h4-7H,2-3,8-9H2,1H3. The molecule has 1 nitrogen and oxygen atoms in total. The summed E-state index contributed by atoms with van der Waals surface area (Å²) in [5.74, 6) is 0. The van der Waals surface area contributed by atoms with Crippen LogP contribution in [0, 0.1) is 6.92 Å². The monoisotopic (exact) mass is 222 g/mol. The fourth-order valence-corrected chi connectivity index (χ4v) is 2.75. The van der Waals surface area contributed by atoms with E-state index in [0.29, 0.717) is 0 Å². The first-order valence-corrected chi connectivity index (χ1v) is 5.80. The number of hydrogen-bond donors (Lipinski definition) is 0. The van der Waals surface area contributed by atoms with Gasteiger partial charge in [0.25, 0.3) is 0 Å². The van der Waals surface area contributed by atoms with Crippen molar-refractivity contribution in [3.8, 4) is 0 Å². The Morgan fingerprint density at radius 3 is 2.20 bits per heavy atom. The van der Waals surface area contributed by atoms with Crippen LogP contribution < -0.4 is 0 Å². The number of aryl methyl sites for hydroxylation is 1. The van der Waals surface area contributed by atoms with Gasteiger partial charge in [0.15, 0.2) is 0 Å². The van der Waals surface area contributed by atoms with Crippen molar-refractivity contribution in [2.75, 3.05) is 0 Å². The van der Waals surface area contributed by atoms with Crippen LogP contribution in [0.25, 0.3) is 0 Å². The smallest absolute Gasteiger partial charge is 0.232 e. The molecule has 0 amide bonds. The maximum Gasteiger partial charge on any atom is 0.232 e. The minimum Gasteiger partial charge on any atom is -0.280 e. The summed E-state index contributed by atoms with van der Waals surface area (Å²) in [4.78, 5) is 11.6. The average molecular weight is 223 g/mol. The summed E-state index contributed by atoms with van der Waals surface area (Å²) in [6, 6.07) is 8.19. The Labute approximate surface area is 95.4 Å². The van der Waals surface area contributed by atoms with Gasteiger partial charge in [-0.05, 0) is 36.9 Å². The van der Waals surface area contributed by atoms with Crippen molar-refractivity contribution in [3.05, 3.63) is 35.4 Å². The van der Waals surface area contributed by atoms with E-state index >= 15 is 0 Å². The van der Waals surface area contributed by atoms with Crippen molar-refractivity contribution >= 4 is 16.8 Å². The molecule has 0 aliphatic heterocycles. The van der Waals surface area contributed by atoms with Gasteiger partial charge in [-0.3, -0.25) is 4.79 Å². The van der Waals surface area contributed by atoms with Crippen LogP contribution >= 0.6 is 11.6 Å². The van der Waals surface area contributed by atoms with E-state index in [4.69, 9.17) is 11.6 Å². The van der Waals surface area contributed by atoms with Crippen LogP contribution in [0.2, 0.25) is 0 Å². The molecule has 1 aromatic rings. The molecular weight excluding hydrogens is 208 g/mol. The third-order valence-electron chi connectivity index (χ3n) is 3.44. The van der Waals surface area contributed by atoms with Crippen LogP contribution in [0.15, 0.2) is 24.3 Å². The minimum atomic E-state index is -0.394. The Kier molecular flexibility index (Phi) is 2.83. The van der Waals surface area contributed by atoms with Gasteiger partial charge in [-0.2, -0.15) is 0 Å². The van der Waals surface area contributed by atoms with Gasteiger partial charge in [-0.25, -0.2) is 0 Å².